The van der Waals surface area contributed by atoms with Crippen LogP contribution in [0.4, 0.5) is 4.39 Å². The molecule has 0 aliphatic rings. The second-order valence-corrected chi connectivity index (χ2v) is 5.32. The number of hydrogen-bond donors (Lipinski definition) is 0. The predicted molar refractivity (Wildman–Crippen MR) is 91.0 cm³/mol. The Morgan fingerprint density at radius 3 is 2.25 bits per heavy atom. The van der Waals surface area contributed by atoms with Gasteiger partial charge in [0.1, 0.15) is 5.82 Å². The molecule has 0 aliphatic heterocycles. The van der Waals surface area contributed by atoms with Crippen LogP contribution < -0.4 is 9.47 Å². The van der Waals surface area contributed by atoms with Gasteiger partial charge in [-0.05, 0) is 49.7 Å². The molecule has 2 rings (SSSR count). The Bertz CT molecular complexity index is 686. The second kappa shape index (κ2) is 8.34. The molecule has 0 saturated carbocycles. The highest BCUT2D eigenvalue weighted by molar-refractivity contribution is 5.94. The first-order valence-electron chi connectivity index (χ1n) is 7.94. The summed E-state index contributed by atoms with van der Waals surface area (Å²) in [6, 6.07) is 11.3. The molecule has 0 saturated heterocycles. The summed E-state index contributed by atoms with van der Waals surface area (Å²) >= 11 is 0. The number of amides is 1. The molecule has 0 radical (unpaired) electrons. The van der Waals surface area contributed by atoms with Gasteiger partial charge in [0.15, 0.2) is 11.5 Å². The number of ether oxygens (including phenoxy) is 2. The molecule has 0 atom stereocenters. The minimum absolute atomic E-state index is 0.136. The highest BCUT2D eigenvalue weighted by atomic mass is 19.1. The number of halogens is 1. The van der Waals surface area contributed by atoms with Gasteiger partial charge >= 0.3 is 0 Å². The number of benzene rings is 2. The molecule has 0 unspecified atom stereocenters. The van der Waals surface area contributed by atoms with Crippen LogP contribution in [-0.2, 0) is 6.54 Å². The van der Waals surface area contributed by atoms with Crippen LogP contribution in [0.2, 0.25) is 0 Å². The Hall–Kier alpha value is -2.56. The summed E-state index contributed by atoms with van der Waals surface area (Å²) in [6.45, 7) is 5.19. The Labute approximate surface area is 141 Å². The molecule has 0 aromatic heterocycles. The molecule has 2 aromatic rings. The fourth-order valence-electron chi connectivity index (χ4n) is 2.34. The van der Waals surface area contributed by atoms with Crippen molar-refractivity contribution in [2.75, 3.05) is 20.3 Å². The predicted octanol–water partition coefficient (Wildman–Crippen LogP) is 3.90. The lowest BCUT2D eigenvalue weighted by molar-refractivity contribution is 0.0784. The molecule has 0 spiro atoms. The zero-order valence-corrected chi connectivity index (χ0v) is 14.2. The summed E-state index contributed by atoms with van der Waals surface area (Å²) in [6.07, 6.45) is 0. The fourth-order valence-corrected chi connectivity index (χ4v) is 2.34. The van der Waals surface area contributed by atoms with E-state index >= 15 is 0 Å². The van der Waals surface area contributed by atoms with Crippen molar-refractivity contribution in [3.8, 4) is 11.5 Å². The smallest absolute Gasteiger partial charge is 0.254 e. The lowest BCUT2D eigenvalue weighted by atomic mass is 10.1. The Balaban J connectivity index is 2.15. The molecule has 0 bridgehead atoms. The average Bonchev–Trinajstić information content (AvgIpc) is 2.58. The first-order chi connectivity index (χ1) is 11.5. The zero-order valence-electron chi connectivity index (χ0n) is 14.2. The maximum absolute atomic E-state index is 13.0. The molecule has 0 heterocycles. The van der Waals surface area contributed by atoms with Crippen molar-refractivity contribution in [2.45, 2.75) is 20.4 Å². The number of carbonyl (C=O) groups excluding carboxylic acids is 1. The highest BCUT2D eigenvalue weighted by Crippen LogP contribution is 2.29. The SMILES string of the molecule is CCOc1ccc(C(=O)N(C)Cc2ccc(F)cc2)cc1OCC. The largest absolute Gasteiger partial charge is 0.490 e. The normalized spacial score (nSPS) is 10.3. The van der Waals surface area contributed by atoms with E-state index in [-0.39, 0.29) is 11.7 Å². The maximum atomic E-state index is 13.0. The molecule has 0 aliphatic carbocycles. The Morgan fingerprint density at radius 2 is 1.62 bits per heavy atom. The molecule has 0 N–H and O–H groups in total. The number of rotatable bonds is 7. The topological polar surface area (TPSA) is 38.8 Å². The second-order valence-electron chi connectivity index (χ2n) is 5.32. The maximum Gasteiger partial charge on any atom is 0.254 e. The van der Waals surface area contributed by atoms with Crippen molar-refractivity contribution in [1.82, 2.24) is 4.90 Å². The van der Waals surface area contributed by atoms with E-state index in [0.717, 1.165) is 5.56 Å². The number of carbonyl (C=O) groups is 1. The van der Waals surface area contributed by atoms with Crippen LogP contribution >= 0.6 is 0 Å². The molecule has 5 heteroatoms. The van der Waals surface area contributed by atoms with Crippen LogP contribution in [0.5, 0.6) is 11.5 Å². The molecule has 2 aromatic carbocycles. The van der Waals surface area contributed by atoms with Crippen molar-refractivity contribution in [3.05, 3.63) is 59.4 Å². The van der Waals surface area contributed by atoms with Gasteiger partial charge in [-0.3, -0.25) is 4.79 Å². The zero-order chi connectivity index (χ0) is 17.5. The van der Waals surface area contributed by atoms with Gasteiger partial charge in [0.2, 0.25) is 0 Å². The molecular formula is C19H22FNO3. The average molecular weight is 331 g/mol. The van der Waals surface area contributed by atoms with Gasteiger partial charge in [0.25, 0.3) is 5.91 Å². The lowest BCUT2D eigenvalue weighted by Crippen LogP contribution is -2.26. The first-order valence-corrected chi connectivity index (χ1v) is 7.94. The van der Waals surface area contributed by atoms with Gasteiger partial charge in [-0.1, -0.05) is 12.1 Å². The minimum atomic E-state index is -0.291. The molecule has 0 fully saturated rings. The van der Waals surface area contributed by atoms with E-state index in [1.807, 2.05) is 13.8 Å². The quantitative estimate of drug-likeness (QED) is 0.772. The van der Waals surface area contributed by atoms with Crippen LogP contribution in [-0.4, -0.2) is 31.1 Å². The van der Waals surface area contributed by atoms with Crippen molar-refractivity contribution in [2.24, 2.45) is 0 Å². The van der Waals surface area contributed by atoms with E-state index < -0.39 is 0 Å². The van der Waals surface area contributed by atoms with Crippen molar-refractivity contribution >= 4 is 5.91 Å². The summed E-state index contributed by atoms with van der Waals surface area (Å²) in [5, 5.41) is 0. The first kappa shape index (κ1) is 17.8. The molecule has 1 amide bonds. The van der Waals surface area contributed by atoms with E-state index in [0.29, 0.717) is 36.8 Å². The van der Waals surface area contributed by atoms with Crippen molar-refractivity contribution in [1.29, 1.82) is 0 Å². The molecular weight excluding hydrogens is 309 g/mol. The number of nitrogens with zero attached hydrogens (tertiary/aromatic N) is 1. The van der Waals surface area contributed by atoms with E-state index in [1.54, 1.807) is 42.3 Å². The lowest BCUT2D eigenvalue weighted by Gasteiger charge is -2.18. The third-order valence-electron chi connectivity index (χ3n) is 3.47. The van der Waals surface area contributed by atoms with Crippen molar-refractivity contribution in [3.63, 3.8) is 0 Å². The van der Waals surface area contributed by atoms with Gasteiger partial charge in [0, 0.05) is 19.2 Å². The fraction of sp³-hybridized carbons (Fsp3) is 0.316. The minimum Gasteiger partial charge on any atom is -0.490 e. The summed E-state index contributed by atoms with van der Waals surface area (Å²) in [4.78, 5) is 14.2. The monoisotopic (exact) mass is 331 g/mol. The third kappa shape index (κ3) is 4.47. The molecule has 4 nitrogen and oxygen atoms in total. The third-order valence-corrected chi connectivity index (χ3v) is 3.47. The van der Waals surface area contributed by atoms with Crippen molar-refractivity contribution < 1.29 is 18.7 Å². The van der Waals surface area contributed by atoms with E-state index in [1.165, 1.54) is 12.1 Å². The van der Waals surface area contributed by atoms with E-state index in [2.05, 4.69) is 0 Å². The van der Waals surface area contributed by atoms with Gasteiger partial charge in [-0.2, -0.15) is 0 Å². The van der Waals surface area contributed by atoms with Crippen LogP contribution in [0.15, 0.2) is 42.5 Å². The van der Waals surface area contributed by atoms with Crippen LogP contribution in [0.25, 0.3) is 0 Å². The van der Waals surface area contributed by atoms with Gasteiger partial charge in [-0.15, -0.1) is 0 Å². The summed E-state index contributed by atoms with van der Waals surface area (Å²) in [5.74, 6) is 0.751. The number of hydrogen-bond acceptors (Lipinski definition) is 3. The summed E-state index contributed by atoms with van der Waals surface area (Å²) < 4.78 is 24.0. The van der Waals surface area contributed by atoms with Crippen LogP contribution in [0.1, 0.15) is 29.8 Å². The van der Waals surface area contributed by atoms with Gasteiger partial charge in [-0.25, -0.2) is 4.39 Å². The summed E-state index contributed by atoms with van der Waals surface area (Å²) in [5.41, 5.74) is 1.38. The molecule has 24 heavy (non-hydrogen) atoms. The molecule has 128 valence electrons. The van der Waals surface area contributed by atoms with E-state index in [4.69, 9.17) is 9.47 Å². The highest BCUT2D eigenvalue weighted by Gasteiger charge is 2.15. The Kier molecular flexibility index (Phi) is 6.18. The Morgan fingerprint density at radius 1 is 1.00 bits per heavy atom. The standard InChI is InChI=1S/C19H22FNO3/c1-4-23-17-11-8-15(12-18(17)24-5-2)19(22)21(3)13-14-6-9-16(20)10-7-14/h6-12H,4-5,13H2,1-3H3. The van der Waals surface area contributed by atoms with Crippen LogP contribution in [0.3, 0.4) is 0 Å². The van der Waals surface area contributed by atoms with Gasteiger partial charge < -0.3 is 14.4 Å². The van der Waals surface area contributed by atoms with Crippen LogP contribution in [0, 0.1) is 5.82 Å². The van der Waals surface area contributed by atoms with E-state index in [9.17, 15) is 9.18 Å². The van der Waals surface area contributed by atoms with Gasteiger partial charge in [0.05, 0.1) is 13.2 Å². The summed E-state index contributed by atoms with van der Waals surface area (Å²) in [7, 11) is 1.71.